The molecule has 1 aromatic rings. The molecule has 1 heterocycles. The fourth-order valence-corrected chi connectivity index (χ4v) is 3.33. The normalized spacial score (nSPS) is 17.8. The third-order valence-corrected chi connectivity index (χ3v) is 5.21. The molecule has 2 rings (SSSR count). The van der Waals surface area contributed by atoms with Crippen molar-refractivity contribution < 1.29 is 4.79 Å². The number of likely N-dealkylation sites (tertiary alicyclic amines) is 1. The lowest BCUT2D eigenvalue weighted by Crippen LogP contribution is -2.32. The molecule has 0 aromatic heterocycles. The number of halogens is 2. The van der Waals surface area contributed by atoms with E-state index in [2.05, 4.69) is 29.8 Å². The van der Waals surface area contributed by atoms with E-state index in [0.717, 1.165) is 36.8 Å². The van der Waals surface area contributed by atoms with Gasteiger partial charge in [-0.1, -0.05) is 41.4 Å². The van der Waals surface area contributed by atoms with Crippen molar-refractivity contribution in [1.29, 1.82) is 0 Å². The third-order valence-electron chi connectivity index (χ3n) is 4.38. The summed E-state index contributed by atoms with van der Waals surface area (Å²) in [6.07, 6.45) is 3.34. The Morgan fingerprint density at radius 3 is 2.68 bits per heavy atom. The van der Waals surface area contributed by atoms with Gasteiger partial charge in [0, 0.05) is 17.6 Å². The van der Waals surface area contributed by atoms with Gasteiger partial charge in [-0.25, -0.2) is 0 Å². The maximum absolute atomic E-state index is 12.6. The molecule has 0 spiro atoms. The molecular weight excluding hydrogens is 326 g/mol. The van der Waals surface area contributed by atoms with Gasteiger partial charge in [0.05, 0.1) is 10.6 Å². The lowest BCUT2D eigenvalue weighted by molar-refractivity contribution is 0.0770. The number of nitrogens with zero attached hydrogens (tertiary/aromatic N) is 1. The van der Waals surface area contributed by atoms with E-state index in [0.29, 0.717) is 16.0 Å². The van der Waals surface area contributed by atoms with Crippen LogP contribution in [-0.4, -0.2) is 23.9 Å². The molecule has 1 amide bonds. The van der Waals surface area contributed by atoms with Crippen molar-refractivity contribution in [2.45, 2.75) is 33.1 Å². The Morgan fingerprint density at radius 2 is 2.11 bits per heavy atom. The second kappa shape index (κ2) is 5.84. The van der Waals surface area contributed by atoms with E-state index in [9.17, 15) is 4.79 Å². The third kappa shape index (κ3) is 2.97. The summed E-state index contributed by atoms with van der Waals surface area (Å²) in [7, 11) is 0. The Kier molecular flexibility index (Phi) is 4.57. The van der Waals surface area contributed by atoms with Crippen LogP contribution in [0, 0.1) is 5.41 Å². The minimum Gasteiger partial charge on any atom is -0.338 e. The van der Waals surface area contributed by atoms with E-state index in [1.54, 1.807) is 6.07 Å². The fourth-order valence-electron chi connectivity index (χ4n) is 2.77. The van der Waals surface area contributed by atoms with Crippen LogP contribution in [0.5, 0.6) is 0 Å². The van der Waals surface area contributed by atoms with E-state index in [-0.39, 0.29) is 5.91 Å². The highest BCUT2D eigenvalue weighted by Gasteiger charge is 2.37. The molecular formula is C15H19BrClNO. The molecule has 0 saturated carbocycles. The summed E-state index contributed by atoms with van der Waals surface area (Å²) < 4.78 is 0.886. The van der Waals surface area contributed by atoms with Crippen molar-refractivity contribution in [2.75, 3.05) is 13.1 Å². The zero-order valence-corrected chi connectivity index (χ0v) is 13.7. The van der Waals surface area contributed by atoms with Gasteiger partial charge in [0.25, 0.3) is 5.91 Å². The van der Waals surface area contributed by atoms with E-state index in [1.807, 2.05) is 17.0 Å². The first-order chi connectivity index (χ1) is 9.01. The number of benzene rings is 1. The van der Waals surface area contributed by atoms with Gasteiger partial charge in [-0.2, -0.15) is 0 Å². The average Bonchev–Trinajstić information content (AvgIpc) is 2.86. The van der Waals surface area contributed by atoms with E-state index in [4.69, 9.17) is 11.6 Å². The zero-order valence-electron chi connectivity index (χ0n) is 11.4. The smallest absolute Gasteiger partial charge is 0.255 e. The maximum atomic E-state index is 12.6. The van der Waals surface area contributed by atoms with Gasteiger partial charge in [-0.05, 0) is 42.9 Å². The lowest BCUT2D eigenvalue weighted by Gasteiger charge is -2.26. The van der Waals surface area contributed by atoms with Crippen molar-refractivity contribution in [3.05, 3.63) is 33.3 Å². The molecule has 0 bridgehead atoms. The standard InChI is InChI=1S/C15H19BrClNO/c1-3-15(4-2)7-8-18(10-15)14(19)12-9-11(16)5-6-13(12)17/h5-6,9H,3-4,7-8,10H2,1-2H3. The van der Waals surface area contributed by atoms with Crippen LogP contribution in [0.4, 0.5) is 0 Å². The molecule has 0 atom stereocenters. The SMILES string of the molecule is CCC1(CC)CCN(C(=O)c2cc(Br)ccc2Cl)C1. The molecule has 1 aliphatic rings. The fraction of sp³-hybridized carbons (Fsp3) is 0.533. The highest BCUT2D eigenvalue weighted by molar-refractivity contribution is 9.10. The molecule has 0 radical (unpaired) electrons. The number of carbonyl (C=O) groups is 1. The predicted octanol–water partition coefficient (Wildman–Crippen LogP) is 4.75. The minimum atomic E-state index is 0.0510. The molecule has 104 valence electrons. The zero-order chi connectivity index (χ0) is 14.0. The molecule has 1 saturated heterocycles. The number of amides is 1. The van der Waals surface area contributed by atoms with Crippen LogP contribution in [0.3, 0.4) is 0 Å². The quantitative estimate of drug-likeness (QED) is 0.774. The van der Waals surface area contributed by atoms with Crippen LogP contribution in [-0.2, 0) is 0 Å². The average molecular weight is 345 g/mol. The Hall–Kier alpha value is -0.540. The van der Waals surface area contributed by atoms with Crippen LogP contribution in [0.25, 0.3) is 0 Å². The number of hydrogen-bond acceptors (Lipinski definition) is 1. The first-order valence-corrected chi connectivity index (χ1v) is 7.93. The Morgan fingerprint density at radius 1 is 1.42 bits per heavy atom. The highest BCUT2D eigenvalue weighted by Crippen LogP contribution is 2.38. The van der Waals surface area contributed by atoms with Crippen molar-refractivity contribution in [2.24, 2.45) is 5.41 Å². The Labute approximate surface area is 128 Å². The number of hydrogen-bond donors (Lipinski definition) is 0. The van der Waals surface area contributed by atoms with Gasteiger partial charge < -0.3 is 4.90 Å². The molecule has 1 aromatic carbocycles. The molecule has 2 nitrogen and oxygen atoms in total. The molecule has 19 heavy (non-hydrogen) atoms. The van der Waals surface area contributed by atoms with E-state index in [1.165, 1.54) is 0 Å². The summed E-state index contributed by atoms with van der Waals surface area (Å²) in [6.45, 7) is 6.11. The largest absolute Gasteiger partial charge is 0.338 e. The lowest BCUT2D eigenvalue weighted by atomic mass is 9.82. The maximum Gasteiger partial charge on any atom is 0.255 e. The summed E-state index contributed by atoms with van der Waals surface area (Å²) in [6, 6.07) is 5.43. The molecule has 0 aliphatic carbocycles. The number of rotatable bonds is 3. The first kappa shape index (κ1) is 14.9. The van der Waals surface area contributed by atoms with Gasteiger partial charge in [0.2, 0.25) is 0 Å². The molecule has 0 N–H and O–H groups in total. The molecule has 1 aliphatic heterocycles. The van der Waals surface area contributed by atoms with Gasteiger partial charge in [0.1, 0.15) is 0 Å². The van der Waals surface area contributed by atoms with Gasteiger partial charge in [0.15, 0.2) is 0 Å². The molecule has 4 heteroatoms. The van der Waals surface area contributed by atoms with Crippen molar-refractivity contribution in [3.8, 4) is 0 Å². The van der Waals surface area contributed by atoms with Crippen LogP contribution < -0.4 is 0 Å². The van der Waals surface area contributed by atoms with Crippen molar-refractivity contribution in [3.63, 3.8) is 0 Å². The van der Waals surface area contributed by atoms with E-state index >= 15 is 0 Å². The minimum absolute atomic E-state index is 0.0510. The van der Waals surface area contributed by atoms with E-state index < -0.39 is 0 Å². The molecule has 1 fully saturated rings. The van der Waals surface area contributed by atoms with Crippen LogP contribution >= 0.6 is 27.5 Å². The summed E-state index contributed by atoms with van der Waals surface area (Å²) in [5, 5.41) is 0.527. The second-order valence-electron chi connectivity index (χ2n) is 5.31. The summed E-state index contributed by atoms with van der Waals surface area (Å²) in [5.41, 5.74) is 0.896. The number of carbonyl (C=O) groups excluding carboxylic acids is 1. The summed E-state index contributed by atoms with van der Waals surface area (Å²) in [4.78, 5) is 14.5. The van der Waals surface area contributed by atoms with Gasteiger partial charge in [-0.15, -0.1) is 0 Å². The second-order valence-corrected chi connectivity index (χ2v) is 6.63. The van der Waals surface area contributed by atoms with Crippen molar-refractivity contribution >= 4 is 33.4 Å². The Balaban J connectivity index is 2.20. The monoisotopic (exact) mass is 343 g/mol. The van der Waals surface area contributed by atoms with Crippen LogP contribution in [0.1, 0.15) is 43.5 Å². The Bertz CT molecular complexity index is 485. The summed E-state index contributed by atoms with van der Waals surface area (Å²) >= 11 is 9.53. The molecule has 0 unspecified atom stereocenters. The predicted molar refractivity (Wildman–Crippen MR) is 82.7 cm³/mol. The van der Waals surface area contributed by atoms with Crippen LogP contribution in [0.2, 0.25) is 5.02 Å². The van der Waals surface area contributed by atoms with Crippen molar-refractivity contribution in [1.82, 2.24) is 4.90 Å². The first-order valence-electron chi connectivity index (χ1n) is 6.75. The van der Waals surface area contributed by atoms with Gasteiger partial charge >= 0.3 is 0 Å². The van der Waals surface area contributed by atoms with Gasteiger partial charge in [-0.3, -0.25) is 4.79 Å². The topological polar surface area (TPSA) is 20.3 Å². The highest BCUT2D eigenvalue weighted by atomic mass is 79.9. The van der Waals surface area contributed by atoms with Crippen LogP contribution in [0.15, 0.2) is 22.7 Å². The summed E-state index contributed by atoms with van der Waals surface area (Å²) in [5.74, 6) is 0.0510.